The van der Waals surface area contributed by atoms with Crippen molar-refractivity contribution in [1.29, 1.82) is 0 Å². The van der Waals surface area contributed by atoms with E-state index in [1.165, 1.54) is 23.3 Å². The van der Waals surface area contributed by atoms with E-state index in [9.17, 15) is 4.39 Å². The molecule has 0 bridgehead atoms. The highest BCUT2D eigenvalue weighted by Crippen LogP contribution is 2.26. The molecular weight excluding hydrogens is 211 g/mol. The van der Waals surface area contributed by atoms with Crippen molar-refractivity contribution in [2.45, 2.75) is 26.7 Å². The molecule has 0 aliphatic heterocycles. The van der Waals surface area contributed by atoms with E-state index in [0.29, 0.717) is 5.92 Å². The van der Waals surface area contributed by atoms with Gasteiger partial charge in [-0.25, -0.2) is 4.39 Å². The van der Waals surface area contributed by atoms with Gasteiger partial charge in [-0.3, -0.25) is 0 Å². The monoisotopic (exact) mass is 228 g/mol. The predicted molar refractivity (Wildman–Crippen MR) is 70.7 cm³/mol. The van der Waals surface area contributed by atoms with Crippen LogP contribution in [0.4, 0.5) is 4.39 Å². The highest BCUT2D eigenvalue weighted by atomic mass is 19.1. The normalized spacial score (nSPS) is 10.9. The minimum absolute atomic E-state index is 0.190. The van der Waals surface area contributed by atoms with Gasteiger partial charge >= 0.3 is 0 Å². The van der Waals surface area contributed by atoms with Gasteiger partial charge in [-0.05, 0) is 47.2 Å². The first-order valence-electron chi connectivity index (χ1n) is 5.94. The minimum atomic E-state index is -0.190. The van der Waals surface area contributed by atoms with E-state index < -0.39 is 0 Å². The molecule has 0 fully saturated rings. The standard InChI is InChI=1S/C16H17F/c1-11(2)16-10-14(5-4-12(16)3)13-6-8-15(17)9-7-13/h4-11H,1-3H3. The lowest BCUT2D eigenvalue weighted by atomic mass is 9.93. The predicted octanol–water partition coefficient (Wildman–Crippen LogP) is 4.92. The third kappa shape index (κ3) is 2.55. The molecule has 0 amide bonds. The molecule has 2 aromatic carbocycles. The van der Waals surface area contributed by atoms with Crippen molar-refractivity contribution in [3.8, 4) is 11.1 Å². The molecule has 2 aromatic rings. The van der Waals surface area contributed by atoms with Gasteiger partial charge in [-0.2, -0.15) is 0 Å². The lowest BCUT2D eigenvalue weighted by molar-refractivity contribution is 0.628. The van der Waals surface area contributed by atoms with E-state index in [4.69, 9.17) is 0 Å². The van der Waals surface area contributed by atoms with Crippen molar-refractivity contribution < 1.29 is 4.39 Å². The summed E-state index contributed by atoms with van der Waals surface area (Å²) in [6.07, 6.45) is 0. The number of halogens is 1. The molecule has 0 unspecified atom stereocenters. The Bertz CT molecular complexity index is 510. The van der Waals surface area contributed by atoms with Gasteiger partial charge in [-0.1, -0.05) is 44.2 Å². The van der Waals surface area contributed by atoms with Crippen LogP contribution in [0.3, 0.4) is 0 Å². The van der Waals surface area contributed by atoms with Gasteiger partial charge in [0.05, 0.1) is 0 Å². The Morgan fingerprint density at radius 2 is 1.47 bits per heavy atom. The molecule has 0 saturated heterocycles. The largest absolute Gasteiger partial charge is 0.207 e. The smallest absolute Gasteiger partial charge is 0.123 e. The summed E-state index contributed by atoms with van der Waals surface area (Å²) in [4.78, 5) is 0. The summed E-state index contributed by atoms with van der Waals surface area (Å²) in [6, 6.07) is 13.1. The summed E-state index contributed by atoms with van der Waals surface area (Å²) in [6.45, 7) is 6.51. The first kappa shape index (κ1) is 11.8. The molecule has 0 saturated carbocycles. The van der Waals surface area contributed by atoms with Gasteiger partial charge in [0, 0.05) is 0 Å². The average molecular weight is 228 g/mol. The summed E-state index contributed by atoms with van der Waals surface area (Å²) >= 11 is 0. The van der Waals surface area contributed by atoms with Crippen molar-refractivity contribution in [3.63, 3.8) is 0 Å². The Morgan fingerprint density at radius 3 is 2.06 bits per heavy atom. The summed E-state index contributed by atoms with van der Waals surface area (Å²) in [7, 11) is 0. The maximum Gasteiger partial charge on any atom is 0.123 e. The van der Waals surface area contributed by atoms with Gasteiger partial charge in [-0.15, -0.1) is 0 Å². The zero-order chi connectivity index (χ0) is 12.4. The van der Waals surface area contributed by atoms with E-state index in [2.05, 4.69) is 39.0 Å². The van der Waals surface area contributed by atoms with E-state index in [1.54, 1.807) is 0 Å². The lowest BCUT2D eigenvalue weighted by Crippen LogP contribution is -1.92. The molecule has 0 nitrogen and oxygen atoms in total. The summed E-state index contributed by atoms with van der Waals surface area (Å²) in [5.74, 6) is 0.320. The van der Waals surface area contributed by atoms with Crippen LogP contribution in [0.2, 0.25) is 0 Å². The molecule has 0 aliphatic carbocycles. The second-order valence-electron chi connectivity index (χ2n) is 4.73. The molecule has 88 valence electrons. The first-order valence-corrected chi connectivity index (χ1v) is 5.94. The van der Waals surface area contributed by atoms with Gasteiger partial charge in [0.1, 0.15) is 5.82 Å². The van der Waals surface area contributed by atoms with Crippen LogP contribution in [0, 0.1) is 12.7 Å². The van der Waals surface area contributed by atoms with E-state index in [0.717, 1.165) is 11.1 Å². The van der Waals surface area contributed by atoms with Crippen molar-refractivity contribution in [1.82, 2.24) is 0 Å². The molecule has 0 spiro atoms. The number of hydrogen-bond donors (Lipinski definition) is 0. The maximum absolute atomic E-state index is 12.9. The fourth-order valence-electron chi connectivity index (χ4n) is 2.08. The number of benzene rings is 2. The fraction of sp³-hybridized carbons (Fsp3) is 0.250. The number of aryl methyl sites for hydroxylation is 1. The number of rotatable bonds is 2. The lowest BCUT2D eigenvalue weighted by Gasteiger charge is -2.12. The second kappa shape index (κ2) is 4.70. The molecular formula is C16H17F. The Morgan fingerprint density at radius 1 is 0.882 bits per heavy atom. The highest BCUT2D eigenvalue weighted by Gasteiger charge is 2.06. The molecule has 0 aliphatic rings. The molecule has 1 heteroatoms. The Kier molecular flexibility index (Phi) is 3.28. The third-order valence-electron chi connectivity index (χ3n) is 3.08. The third-order valence-corrected chi connectivity index (χ3v) is 3.08. The van der Waals surface area contributed by atoms with Crippen LogP contribution < -0.4 is 0 Å². The summed E-state index contributed by atoms with van der Waals surface area (Å²) in [5, 5.41) is 0. The van der Waals surface area contributed by atoms with Crippen LogP contribution in [0.5, 0.6) is 0 Å². The van der Waals surface area contributed by atoms with Crippen LogP contribution in [-0.4, -0.2) is 0 Å². The van der Waals surface area contributed by atoms with Crippen LogP contribution in [-0.2, 0) is 0 Å². The zero-order valence-corrected chi connectivity index (χ0v) is 10.5. The van der Waals surface area contributed by atoms with E-state index >= 15 is 0 Å². The Hall–Kier alpha value is -1.63. The van der Waals surface area contributed by atoms with Crippen LogP contribution in [0.25, 0.3) is 11.1 Å². The second-order valence-corrected chi connectivity index (χ2v) is 4.73. The van der Waals surface area contributed by atoms with Crippen LogP contribution in [0.15, 0.2) is 42.5 Å². The Labute approximate surface area is 102 Å². The SMILES string of the molecule is Cc1ccc(-c2ccc(F)cc2)cc1C(C)C. The quantitative estimate of drug-likeness (QED) is 0.684. The topological polar surface area (TPSA) is 0 Å². The van der Waals surface area contributed by atoms with Crippen molar-refractivity contribution in [2.24, 2.45) is 0 Å². The highest BCUT2D eigenvalue weighted by molar-refractivity contribution is 5.65. The molecule has 2 rings (SSSR count). The first-order chi connectivity index (χ1) is 8.08. The maximum atomic E-state index is 12.9. The summed E-state index contributed by atoms with van der Waals surface area (Å²) in [5.41, 5.74) is 4.88. The van der Waals surface area contributed by atoms with Gasteiger partial charge < -0.3 is 0 Å². The van der Waals surface area contributed by atoms with E-state index in [1.807, 2.05) is 12.1 Å². The number of hydrogen-bond acceptors (Lipinski definition) is 0. The molecule has 0 heterocycles. The van der Waals surface area contributed by atoms with Gasteiger partial charge in [0.15, 0.2) is 0 Å². The fourth-order valence-corrected chi connectivity index (χ4v) is 2.08. The molecule has 17 heavy (non-hydrogen) atoms. The minimum Gasteiger partial charge on any atom is -0.207 e. The van der Waals surface area contributed by atoms with Crippen molar-refractivity contribution >= 4 is 0 Å². The molecule has 0 atom stereocenters. The summed E-state index contributed by atoms with van der Waals surface area (Å²) < 4.78 is 12.9. The van der Waals surface area contributed by atoms with Crippen molar-refractivity contribution in [3.05, 3.63) is 59.4 Å². The van der Waals surface area contributed by atoms with Crippen molar-refractivity contribution in [2.75, 3.05) is 0 Å². The molecule has 0 N–H and O–H groups in total. The van der Waals surface area contributed by atoms with Gasteiger partial charge in [0.2, 0.25) is 0 Å². The molecule has 0 aromatic heterocycles. The average Bonchev–Trinajstić information content (AvgIpc) is 2.30. The van der Waals surface area contributed by atoms with Crippen LogP contribution >= 0.6 is 0 Å². The zero-order valence-electron chi connectivity index (χ0n) is 10.5. The van der Waals surface area contributed by atoms with Crippen LogP contribution in [0.1, 0.15) is 30.9 Å². The Balaban J connectivity index is 2.46. The molecule has 0 radical (unpaired) electrons. The van der Waals surface area contributed by atoms with Gasteiger partial charge in [0.25, 0.3) is 0 Å². The van der Waals surface area contributed by atoms with E-state index in [-0.39, 0.29) is 5.82 Å².